The van der Waals surface area contributed by atoms with Gasteiger partial charge in [-0.25, -0.2) is 4.98 Å². The van der Waals surface area contributed by atoms with E-state index in [-0.39, 0.29) is 0 Å². The lowest BCUT2D eigenvalue weighted by Crippen LogP contribution is -2.10. The topological polar surface area (TPSA) is 29.3 Å². The molecule has 10 rings (SSSR count). The maximum Gasteiger partial charge on any atom is 0.227 e. The highest BCUT2D eigenvalue weighted by Gasteiger charge is 2.25. The molecule has 3 aromatic heterocycles. The smallest absolute Gasteiger partial charge is 0.227 e. The second-order valence-electron chi connectivity index (χ2n) is 11.9. The molecule has 0 saturated heterocycles. The van der Waals surface area contributed by atoms with Crippen LogP contribution in [-0.4, -0.2) is 4.98 Å². The molecule has 0 aliphatic heterocycles. The van der Waals surface area contributed by atoms with E-state index in [9.17, 15) is 0 Å². The van der Waals surface area contributed by atoms with Crippen LogP contribution < -0.4 is 4.90 Å². The monoisotopic (exact) mass is 650 g/mol. The summed E-state index contributed by atoms with van der Waals surface area (Å²) < 4.78 is 11.6. The summed E-state index contributed by atoms with van der Waals surface area (Å²) in [5.74, 6) is 0.629. The van der Waals surface area contributed by atoms with Gasteiger partial charge in [-0.2, -0.15) is 0 Å². The maximum atomic E-state index is 6.62. The van der Waals surface area contributed by atoms with Crippen LogP contribution in [0.2, 0.25) is 0 Å². The molecular formula is C43H26N2OS2. The minimum atomic E-state index is 0.629. The van der Waals surface area contributed by atoms with Gasteiger partial charge in [-0.3, -0.25) is 0 Å². The molecule has 0 saturated carbocycles. The third-order valence-corrected chi connectivity index (χ3v) is 11.5. The van der Waals surface area contributed by atoms with Gasteiger partial charge in [0.15, 0.2) is 5.58 Å². The minimum absolute atomic E-state index is 0.629. The van der Waals surface area contributed by atoms with Crippen molar-refractivity contribution in [3.05, 3.63) is 158 Å². The van der Waals surface area contributed by atoms with E-state index in [1.54, 1.807) is 0 Å². The Morgan fingerprint density at radius 3 is 1.85 bits per heavy atom. The van der Waals surface area contributed by atoms with Crippen molar-refractivity contribution in [1.29, 1.82) is 0 Å². The van der Waals surface area contributed by atoms with E-state index in [1.165, 1.54) is 46.1 Å². The SMILES string of the molecule is c1ccc(-c2ccc(N(c3cccc4c3sc3ccccc34)c3cc4oc(-c5ccccc5)nc4c4c3sc3ccccc34)cc2)cc1. The van der Waals surface area contributed by atoms with Crippen molar-refractivity contribution >= 4 is 91.2 Å². The zero-order valence-corrected chi connectivity index (χ0v) is 27.3. The number of thiophene rings is 2. The predicted molar refractivity (Wildman–Crippen MR) is 205 cm³/mol. The highest BCUT2D eigenvalue weighted by molar-refractivity contribution is 7.27. The molecule has 0 unspecified atom stereocenters. The van der Waals surface area contributed by atoms with Gasteiger partial charge in [0, 0.05) is 48.3 Å². The van der Waals surface area contributed by atoms with Gasteiger partial charge < -0.3 is 9.32 Å². The molecule has 0 N–H and O–H groups in total. The second kappa shape index (κ2) is 10.9. The van der Waals surface area contributed by atoms with Crippen molar-refractivity contribution in [2.24, 2.45) is 0 Å². The highest BCUT2D eigenvalue weighted by Crippen LogP contribution is 2.51. The van der Waals surface area contributed by atoms with Crippen LogP contribution in [0.4, 0.5) is 17.1 Å². The Labute approximate surface area is 284 Å². The zero-order chi connectivity index (χ0) is 31.6. The molecule has 5 heteroatoms. The first-order valence-electron chi connectivity index (χ1n) is 16.0. The molecule has 3 heterocycles. The van der Waals surface area contributed by atoms with Crippen molar-refractivity contribution in [3.8, 4) is 22.6 Å². The van der Waals surface area contributed by atoms with E-state index in [1.807, 2.05) is 40.9 Å². The highest BCUT2D eigenvalue weighted by atomic mass is 32.1. The summed E-state index contributed by atoms with van der Waals surface area (Å²) in [5, 5.41) is 4.86. The van der Waals surface area contributed by atoms with E-state index < -0.39 is 0 Å². The lowest BCUT2D eigenvalue weighted by Gasteiger charge is -2.27. The van der Waals surface area contributed by atoms with Crippen LogP contribution in [0.25, 0.3) is 74.0 Å². The summed E-state index contributed by atoms with van der Waals surface area (Å²) in [6, 6.07) is 55.9. The van der Waals surface area contributed by atoms with Gasteiger partial charge in [0.2, 0.25) is 5.89 Å². The Balaban J connectivity index is 1.29. The number of anilines is 3. The molecule has 3 nitrogen and oxygen atoms in total. The Kier molecular flexibility index (Phi) is 6.22. The third kappa shape index (κ3) is 4.29. The van der Waals surface area contributed by atoms with Gasteiger partial charge in [-0.15, -0.1) is 22.7 Å². The predicted octanol–water partition coefficient (Wildman–Crippen LogP) is 13.4. The first-order chi connectivity index (χ1) is 23.8. The van der Waals surface area contributed by atoms with Gasteiger partial charge in [-0.1, -0.05) is 109 Å². The van der Waals surface area contributed by atoms with Crippen molar-refractivity contribution in [1.82, 2.24) is 4.98 Å². The van der Waals surface area contributed by atoms with Gasteiger partial charge in [0.05, 0.1) is 20.8 Å². The molecule has 0 spiro atoms. The van der Waals surface area contributed by atoms with Crippen LogP contribution in [0.3, 0.4) is 0 Å². The Morgan fingerprint density at radius 1 is 0.479 bits per heavy atom. The standard InChI is InChI=1S/C43H26N2OS2/c1-3-12-27(13-4-1)28-22-24-30(25-23-28)45(34-19-11-18-32-31-16-7-9-20-37(31)47-41(32)34)35-26-36-40(44-43(46-36)29-14-5-2-6-15-29)39-33-17-8-10-21-38(33)48-42(35)39/h1-26H. The molecular weight excluding hydrogens is 625 g/mol. The van der Waals surface area contributed by atoms with Gasteiger partial charge in [0.1, 0.15) is 5.52 Å². The lowest BCUT2D eigenvalue weighted by molar-refractivity contribution is 0.620. The first kappa shape index (κ1) is 27.4. The Bertz CT molecular complexity index is 2780. The quantitative estimate of drug-likeness (QED) is 0.186. The molecule has 0 aliphatic rings. The molecule has 0 fully saturated rings. The molecule has 0 radical (unpaired) electrons. The average Bonchev–Trinajstić information content (AvgIpc) is 3.87. The van der Waals surface area contributed by atoms with Crippen molar-refractivity contribution < 1.29 is 4.42 Å². The maximum absolute atomic E-state index is 6.62. The Morgan fingerprint density at radius 2 is 1.08 bits per heavy atom. The molecule has 0 aliphatic carbocycles. The van der Waals surface area contributed by atoms with E-state index in [2.05, 4.69) is 144 Å². The number of hydrogen-bond donors (Lipinski definition) is 0. The van der Waals surface area contributed by atoms with E-state index in [0.29, 0.717) is 5.89 Å². The summed E-state index contributed by atoms with van der Waals surface area (Å²) in [7, 11) is 0. The summed E-state index contributed by atoms with van der Waals surface area (Å²) in [5.41, 5.74) is 8.31. The van der Waals surface area contributed by atoms with Crippen LogP contribution in [0, 0.1) is 0 Å². The Hall–Kier alpha value is -5.75. The molecule has 0 atom stereocenters. The van der Waals surface area contributed by atoms with Crippen molar-refractivity contribution in [2.45, 2.75) is 0 Å². The van der Waals surface area contributed by atoms with Gasteiger partial charge in [0.25, 0.3) is 0 Å². The number of benzene rings is 7. The van der Waals surface area contributed by atoms with Crippen molar-refractivity contribution in [2.75, 3.05) is 4.90 Å². The van der Waals surface area contributed by atoms with Crippen LogP contribution in [0.15, 0.2) is 162 Å². The summed E-state index contributed by atoms with van der Waals surface area (Å²) >= 11 is 3.66. The summed E-state index contributed by atoms with van der Waals surface area (Å²) in [6.45, 7) is 0. The van der Waals surface area contributed by atoms with Gasteiger partial charge >= 0.3 is 0 Å². The number of rotatable bonds is 5. The normalized spacial score (nSPS) is 11.8. The number of aromatic nitrogens is 1. The van der Waals surface area contributed by atoms with Crippen LogP contribution in [-0.2, 0) is 0 Å². The van der Waals surface area contributed by atoms with E-state index in [0.717, 1.165) is 39.1 Å². The van der Waals surface area contributed by atoms with Crippen LogP contribution >= 0.6 is 22.7 Å². The second-order valence-corrected chi connectivity index (χ2v) is 14.0. The summed E-state index contributed by atoms with van der Waals surface area (Å²) in [6.07, 6.45) is 0. The minimum Gasteiger partial charge on any atom is -0.436 e. The molecule has 226 valence electrons. The first-order valence-corrected chi connectivity index (χ1v) is 17.6. The van der Waals surface area contributed by atoms with Crippen LogP contribution in [0.1, 0.15) is 0 Å². The van der Waals surface area contributed by atoms with Crippen LogP contribution in [0.5, 0.6) is 0 Å². The zero-order valence-electron chi connectivity index (χ0n) is 25.6. The molecule has 48 heavy (non-hydrogen) atoms. The largest absolute Gasteiger partial charge is 0.436 e. The molecule has 10 aromatic rings. The van der Waals surface area contributed by atoms with Gasteiger partial charge in [-0.05, 0) is 53.6 Å². The fourth-order valence-electron chi connectivity index (χ4n) is 6.88. The van der Waals surface area contributed by atoms with E-state index >= 15 is 0 Å². The molecule has 0 bridgehead atoms. The van der Waals surface area contributed by atoms with Crippen molar-refractivity contribution in [3.63, 3.8) is 0 Å². The molecule has 0 amide bonds. The number of hydrogen-bond acceptors (Lipinski definition) is 5. The third-order valence-electron chi connectivity index (χ3n) is 9.10. The average molecular weight is 651 g/mol. The fraction of sp³-hybridized carbons (Fsp3) is 0. The van der Waals surface area contributed by atoms with E-state index in [4.69, 9.17) is 9.40 Å². The fourth-order valence-corrected chi connectivity index (χ4v) is 9.30. The number of nitrogens with zero attached hydrogens (tertiary/aromatic N) is 2. The summed E-state index contributed by atoms with van der Waals surface area (Å²) in [4.78, 5) is 7.55. The number of oxazole rings is 1. The molecule has 7 aromatic carbocycles. The number of fused-ring (bicyclic) bond motifs is 8. The lowest BCUT2D eigenvalue weighted by atomic mass is 10.0.